The normalized spacial score (nSPS) is 17.3. The number of hydrogen-bond donors (Lipinski definition) is 1. The van der Waals surface area contributed by atoms with Crippen molar-refractivity contribution in [3.8, 4) is 28.0 Å². The number of fused-ring (bicyclic) bond motifs is 2. The Morgan fingerprint density at radius 2 is 1.83 bits per heavy atom. The molecular weight excluding hydrogens is 625 g/mol. The Bertz CT molecular complexity index is 1990. The molecule has 2 fully saturated rings. The Balaban J connectivity index is 0.970. The van der Waals surface area contributed by atoms with Gasteiger partial charge < -0.3 is 19.9 Å². The van der Waals surface area contributed by atoms with Crippen LogP contribution in [0.5, 0.6) is 0 Å². The molecule has 0 bridgehead atoms. The Hall–Kier alpha value is -4.90. The van der Waals surface area contributed by atoms with E-state index < -0.39 is 0 Å². The Labute approximate surface area is 282 Å². The standard InChI is InChI=1S/C35H36N10O2S/c36-19-24-17-28-5-6-32(45(28)38-20-24)31-18-30(39-27-8-15-47-16-9-27)29(21-37-31)34-40-41-35(48-34)44-13-11-43(12-14-44)33(46)23-42-10-7-25-3-1-2-4-26(25)22-42/h1-6,17-18,20-21,27H,7-16,22-23H2,(H,37,39). The summed E-state index contributed by atoms with van der Waals surface area (Å²) < 4.78 is 7.41. The molecule has 0 saturated carbocycles. The number of nitrogens with one attached hydrogen (secondary N) is 1. The molecule has 12 nitrogen and oxygen atoms in total. The third kappa shape index (κ3) is 6.22. The van der Waals surface area contributed by atoms with Gasteiger partial charge in [0, 0.05) is 70.4 Å². The monoisotopic (exact) mass is 660 g/mol. The molecule has 0 aliphatic carbocycles. The van der Waals surface area contributed by atoms with Gasteiger partial charge in [0.25, 0.3) is 0 Å². The summed E-state index contributed by atoms with van der Waals surface area (Å²) in [7, 11) is 0. The number of anilines is 2. The van der Waals surface area contributed by atoms with Crippen molar-refractivity contribution in [1.29, 1.82) is 5.26 Å². The third-order valence-corrected chi connectivity index (χ3v) is 10.5. The van der Waals surface area contributed by atoms with E-state index in [1.165, 1.54) is 11.1 Å². The van der Waals surface area contributed by atoms with Crippen molar-refractivity contribution >= 4 is 33.6 Å². The van der Waals surface area contributed by atoms with Crippen molar-refractivity contribution in [3.63, 3.8) is 0 Å². The van der Waals surface area contributed by atoms with Crippen molar-refractivity contribution in [2.75, 3.05) is 62.7 Å². The zero-order valence-electron chi connectivity index (χ0n) is 26.6. The lowest BCUT2D eigenvalue weighted by atomic mass is 10.00. The van der Waals surface area contributed by atoms with E-state index in [1.807, 2.05) is 29.3 Å². The number of piperazine rings is 1. The van der Waals surface area contributed by atoms with E-state index in [1.54, 1.807) is 22.0 Å². The molecule has 0 spiro atoms. The van der Waals surface area contributed by atoms with Crippen LogP contribution in [0.2, 0.25) is 0 Å². The number of nitriles is 1. The zero-order chi connectivity index (χ0) is 32.5. The van der Waals surface area contributed by atoms with Gasteiger partial charge in [-0.1, -0.05) is 35.6 Å². The van der Waals surface area contributed by atoms with E-state index in [-0.39, 0.29) is 11.9 Å². The molecule has 0 atom stereocenters. The molecule has 3 aliphatic rings. The first-order valence-corrected chi connectivity index (χ1v) is 17.3. The predicted molar refractivity (Wildman–Crippen MR) is 184 cm³/mol. The number of rotatable bonds is 7. The average molecular weight is 661 g/mol. The highest BCUT2D eigenvalue weighted by atomic mass is 32.1. The van der Waals surface area contributed by atoms with Crippen LogP contribution in [0.25, 0.3) is 27.5 Å². The van der Waals surface area contributed by atoms with Gasteiger partial charge in [0.1, 0.15) is 6.07 Å². The van der Waals surface area contributed by atoms with Crippen molar-refractivity contribution < 1.29 is 9.53 Å². The minimum absolute atomic E-state index is 0.193. The number of pyridine rings is 1. The quantitative estimate of drug-likeness (QED) is 0.273. The maximum Gasteiger partial charge on any atom is 0.236 e. The zero-order valence-corrected chi connectivity index (χ0v) is 27.4. The van der Waals surface area contributed by atoms with Gasteiger partial charge in [-0.3, -0.25) is 14.7 Å². The summed E-state index contributed by atoms with van der Waals surface area (Å²) in [4.78, 5) is 24.5. The minimum atomic E-state index is 0.193. The van der Waals surface area contributed by atoms with E-state index >= 15 is 0 Å². The van der Waals surface area contributed by atoms with Crippen LogP contribution in [0.15, 0.2) is 60.9 Å². The van der Waals surface area contributed by atoms with E-state index in [0.717, 1.165) is 96.9 Å². The lowest BCUT2D eigenvalue weighted by Gasteiger charge is -2.36. The number of carbonyl (C=O) groups is 1. The van der Waals surface area contributed by atoms with Crippen LogP contribution in [0.3, 0.4) is 0 Å². The molecular formula is C35H36N10O2S. The van der Waals surface area contributed by atoms with Crippen LogP contribution in [0.4, 0.5) is 10.8 Å². The number of hydrogen-bond acceptors (Lipinski definition) is 11. The summed E-state index contributed by atoms with van der Waals surface area (Å²) in [5.74, 6) is 0.193. The van der Waals surface area contributed by atoms with Gasteiger partial charge in [0.15, 0.2) is 5.01 Å². The van der Waals surface area contributed by atoms with E-state index in [0.29, 0.717) is 25.2 Å². The second-order valence-electron chi connectivity index (χ2n) is 12.5. The van der Waals surface area contributed by atoms with Crippen molar-refractivity contribution in [3.05, 3.63) is 77.6 Å². The highest BCUT2D eigenvalue weighted by molar-refractivity contribution is 7.18. The fourth-order valence-electron chi connectivity index (χ4n) is 6.78. The number of ether oxygens (including phenoxy) is 1. The van der Waals surface area contributed by atoms with Crippen LogP contribution in [0.1, 0.15) is 29.5 Å². The molecule has 8 rings (SSSR count). The smallest absolute Gasteiger partial charge is 0.236 e. The third-order valence-electron chi connectivity index (χ3n) is 9.49. The van der Waals surface area contributed by atoms with Crippen LogP contribution in [0, 0.1) is 11.3 Å². The Morgan fingerprint density at radius 3 is 2.67 bits per heavy atom. The molecule has 7 heterocycles. The molecule has 0 radical (unpaired) electrons. The number of amides is 1. The second kappa shape index (κ2) is 13.3. The van der Waals surface area contributed by atoms with Gasteiger partial charge in [-0.15, -0.1) is 10.2 Å². The van der Waals surface area contributed by atoms with Gasteiger partial charge in [-0.05, 0) is 54.7 Å². The SMILES string of the molecule is N#Cc1cnn2c(-c3cc(NC4CCOCC4)c(-c4nnc(N5CCN(C(=O)CN6CCc7ccccc7C6)CC5)s4)cn3)ccc2c1. The molecule has 13 heteroatoms. The molecule has 3 aliphatic heterocycles. The number of nitrogens with zero attached hydrogens (tertiary/aromatic N) is 9. The minimum Gasteiger partial charge on any atom is -0.381 e. The van der Waals surface area contributed by atoms with E-state index in [9.17, 15) is 10.1 Å². The lowest BCUT2D eigenvalue weighted by molar-refractivity contribution is -0.132. The highest BCUT2D eigenvalue weighted by Gasteiger charge is 2.27. The van der Waals surface area contributed by atoms with Gasteiger partial charge in [-0.25, -0.2) is 4.52 Å². The van der Waals surface area contributed by atoms with Crippen molar-refractivity contribution in [1.82, 2.24) is 34.6 Å². The predicted octanol–water partition coefficient (Wildman–Crippen LogP) is 4.08. The lowest BCUT2D eigenvalue weighted by Crippen LogP contribution is -2.51. The average Bonchev–Trinajstić information content (AvgIpc) is 3.80. The first kappa shape index (κ1) is 30.4. The molecule has 244 valence electrons. The summed E-state index contributed by atoms with van der Waals surface area (Å²) >= 11 is 1.55. The molecule has 1 aromatic carbocycles. The maximum absolute atomic E-state index is 13.2. The van der Waals surface area contributed by atoms with Gasteiger partial charge in [-0.2, -0.15) is 10.4 Å². The first-order valence-electron chi connectivity index (χ1n) is 16.5. The molecule has 1 amide bonds. The molecule has 1 N–H and O–H groups in total. The number of benzene rings is 1. The Morgan fingerprint density at radius 1 is 1.00 bits per heavy atom. The van der Waals surface area contributed by atoms with Gasteiger partial charge in [0.05, 0.1) is 40.8 Å². The van der Waals surface area contributed by atoms with Gasteiger partial charge >= 0.3 is 0 Å². The van der Waals surface area contributed by atoms with Crippen molar-refractivity contribution in [2.45, 2.75) is 31.8 Å². The topological polar surface area (TPSA) is 128 Å². The molecule has 2 saturated heterocycles. The molecule has 5 aromatic rings. The fourth-order valence-corrected chi connectivity index (χ4v) is 7.70. The van der Waals surface area contributed by atoms with Crippen LogP contribution < -0.4 is 10.2 Å². The Kier molecular flexibility index (Phi) is 8.44. The molecule has 4 aromatic heterocycles. The van der Waals surface area contributed by atoms with E-state index in [4.69, 9.17) is 9.72 Å². The maximum atomic E-state index is 13.2. The fraction of sp³-hybridized carbons (Fsp3) is 0.371. The molecule has 48 heavy (non-hydrogen) atoms. The first-order chi connectivity index (χ1) is 23.6. The molecule has 0 unspecified atom stereocenters. The van der Waals surface area contributed by atoms with Crippen LogP contribution >= 0.6 is 11.3 Å². The largest absolute Gasteiger partial charge is 0.381 e. The number of aromatic nitrogens is 5. The summed E-state index contributed by atoms with van der Waals surface area (Å²) in [5.41, 5.74) is 7.52. The second-order valence-corrected chi connectivity index (χ2v) is 13.5. The van der Waals surface area contributed by atoms with E-state index in [2.05, 4.69) is 66.8 Å². The summed E-state index contributed by atoms with van der Waals surface area (Å²) in [6.07, 6.45) is 6.25. The summed E-state index contributed by atoms with van der Waals surface area (Å²) in [6, 6.07) is 18.7. The van der Waals surface area contributed by atoms with Crippen LogP contribution in [-0.4, -0.2) is 99.0 Å². The summed E-state index contributed by atoms with van der Waals surface area (Å²) in [5, 5.41) is 28.4. The van der Waals surface area contributed by atoms with Crippen molar-refractivity contribution in [2.24, 2.45) is 0 Å². The number of carbonyl (C=O) groups excluding carboxylic acids is 1. The summed E-state index contributed by atoms with van der Waals surface area (Å²) in [6.45, 7) is 6.43. The van der Waals surface area contributed by atoms with Crippen LogP contribution in [-0.2, 0) is 22.5 Å². The van der Waals surface area contributed by atoms with Gasteiger partial charge in [0.2, 0.25) is 11.0 Å². The highest BCUT2D eigenvalue weighted by Crippen LogP contribution is 2.36.